The number of aromatic nitrogens is 3. The van der Waals surface area contributed by atoms with Gasteiger partial charge in [0.25, 0.3) is 0 Å². The molecule has 2 heterocycles. The summed E-state index contributed by atoms with van der Waals surface area (Å²) in [4.78, 5) is 8.61. The Morgan fingerprint density at radius 2 is 1.92 bits per heavy atom. The van der Waals surface area contributed by atoms with E-state index in [1.54, 1.807) is 19.1 Å². The van der Waals surface area contributed by atoms with E-state index in [2.05, 4.69) is 14.5 Å². The van der Waals surface area contributed by atoms with E-state index in [0.29, 0.717) is 17.4 Å². The highest BCUT2D eigenvalue weighted by atomic mass is 19.1. The highest BCUT2D eigenvalue weighted by Crippen LogP contribution is 2.38. The number of nitrogen functional groups attached to an aromatic ring is 1. The van der Waals surface area contributed by atoms with Crippen molar-refractivity contribution in [2.24, 2.45) is 5.73 Å². The maximum Gasteiger partial charge on any atom is 0.146 e. The van der Waals surface area contributed by atoms with Crippen LogP contribution in [0.5, 0.6) is 0 Å². The van der Waals surface area contributed by atoms with Crippen LogP contribution in [0.15, 0.2) is 30.7 Å². The van der Waals surface area contributed by atoms with Crippen molar-refractivity contribution in [3.63, 3.8) is 0 Å². The fourth-order valence-corrected chi connectivity index (χ4v) is 3.75. The number of benzene rings is 1. The number of hydrogen-bond donors (Lipinski definition) is 2. The maximum absolute atomic E-state index is 14.1. The molecular weight excluding hydrogens is 317 g/mol. The molecular formula is C19H22FN5. The molecule has 3 aromatic rings. The van der Waals surface area contributed by atoms with E-state index < -0.39 is 0 Å². The second-order valence-electron chi connectivity index (χ2n) is 6.94. The molecule has 1 aliphatic carbocycles. The second kappa shape index (κ2) is 6.11. The molecule has 1 saturated carbocycles. The van der Waals surface area contributed by atoms with E-state index in [0.717, 1.165) is 47.8 Å². The Labute approximate surface area is 145 Å². The van der Waals surface area contributed by atoms with Crippen molar-refractivity contribution in [2.75, 3.05) is 5.73 Å². The highest BCUT2D eigenvalue weighted by molar-refractivity contribution is 6.00. The lowest BCUT2D eigenvalue weighted by Crippen LogP contribution is -2.27. The van der Waals surface area contributed by atoms with Gasteiger partial charge in [-0.05, 0) is 49.8 Å². The van der Waals surface area contributed by atoms with E-state index in [1.807, 2.05) is 12.3 Å². The van der Waals surface area contributed by atoms with Crippen LogP contribution in [0.4, 0.5) is 10.2 Å². The van der Waals surface area contributed by atoms with Gasteiger partial charge in [0.2, 0.25) is 0 Å². The Bertz CT molecular complexity index is 925. The van der Waals surface area contributed by atoms with E-state index in [4.69, 9.17) is 11.5 Å². The van der Waals surface area contributed by atoms with Crippen molar-refractivity contribution < 1.29 is 4.39 Å². The highest BCUT2D eigenvalue weighted by Gasteiger charge is 2.24. The summed E-state index contributed by atoms with van der Waals surface area (Å²) in [5.41, 5.74) is 15.3. The Hall–Kier alpha value is -2.47. The van der Waals surface area contributed by atoms with Crippen LogP contribution < -0.4 is 11.5 Å². The summed E-state index contributed by atoms with van der Waals surface area (Å²) < 4.78 is 16.3. The number of rotatable bonds is 2. The summed E-state index contributed by atoms with van der Waals surface area (Å²) in [5.74, 6) is 0.199. The molecule has 0 bridgehead atoms. The summed E-state index contributed by atoms with van der Waals surface area (Å²) in [6.07, 6.45) is 7.55. The molecule has 0 unspecified atom stereocenters. The first-order chi connectivity index (χ1) is 12.0. The Morgan fingerprint density at radius 1 is 1.16 bits per heavy atom. The zero-order chi connectivity index (χ0) is 17.6. The van der Waals surface area contributed by atoms with Crippen molar-refractivity contribution in [1.82, 2.24) is 14.5 Å². The third-order valence-corrected chi connectivity index (χ3v) is 5.26. The van der Waals surface area contributed by atoms with E-state index >= 15 is 0 Å². The molecule has 6 heteroatoms. The summed E-state index contributed by atoms with van der Waals surface area (Å²) in [5, 5.41) is 0.792. The minimum atomic E-state index is -0.225. The number of anilines is 1. The lowest BCUT2D eigenvalue weighted by molar-refractivity contribution is 0.329. The van der Waals surface area contributed by atoms with Gasteiger partial charge in [0.05, 0.1) is 5.39 Å². The molecule has 1 aromatic carbocycles. The first kappa shape index (κ1) is 16.0. The quantitative estimate of drug-likeness (QED) is 0.748. The summed E-state index contributed by atoms with van der Waals surface area (Å²) in [6.45, 7) is 1.76. The van der Waals surface area contributed by atoms with Crippen molar-refractivity contribution in [2.45, 2.75) is 44.7 Å². The summed E-state index contributed by atoms with van der Waals surface area (Å²) in [6, 6.07) is 5.87. The monoisotopic (exact) mass is 339 g/mol. The predicted molar refractivity (Wildman–Crippen MR) is 97.6 cm³/mol. The molecule has 0 saturated heterocycles. The lowest BCUT2D eigenvalue weighted by atomic mass is 9.92. The summed E-state index contributed by atoms with van der Waals surface area (Å²) >= 11 is 0. The second-order valence-corrected chi connectivity index (χ2v) is 6.94. The Kier molecular flexibility index (Phi) is 3.92. The van der Waals surface area contributed by atoms with Gasteiger partial charge < -0.3 is 16.0 Å². The molecule has 4 rings (SSSR count). The molecule has 0 spiro atoms. The molecule has 0 amide bonds. The van der Waals surface area contributed by atoms with E-state index in [1.165, 1.54) is 6.33 Å². The fraction of sp³-hybridized carbons (Fsp3) is 0.368. The molecule has 1 fully saturated rings. The largest absolute Gasteiger partial charge is 0.383 e. The minimum absolute atomic E-state index is 0.225. The number of fused-ring (bicyclic) bond motifs is 1. The summed E-state index contributed by atoms with van der Waals surface area (Å²) in [7, 11) is 0. The topological polar surface area (TPSA) is 82.8 Å². The number of nitrogens with zero attached hydrogens (tertiary/aromatic N) is 3. The van der Waals surface area contributed by atoms with Crippen molar-refractivity contribution in [1.29, 1.82) is 0 Å². The van der Waals surface area contributed by atoms with Crippen LogP contribution in [-0.4, -0.2) is 20.6 Å². The van der Waals surface area contributed by atoms with Crippen LogP contribution >= 0.6 is 0 Å². The SMILES string of the molecule is Cc1ccc(-c2cn(C3CCC(N)CC3)c3ncnc(N)c23)cc1F. The number of aryl methyl sites for hydroxylation is 1. The average Bonchev–Trinajstić information content (AvgIpc) is 2.99. The Balaban J connectivity index is 1.88. The van der Waals surface area contributed by atoms with Gasteiger partial charge in [-0.3, -0.25) is 0 Å². The standard InChI is InChI=1S/C19H22FN5/c1-11-2-3-12(8-16(11)20)15-9-25(14-6-4-13(21)5-7-14)19-17(15)18(22)23-10-24-19/h2-3,8-10,13-14H,4-7,21H2,1H3,(H2,22,23,24). The van der Waals surface area contributed by atoms with Crippen LogP contribution in [0.25, 0.3) is 22.2 Å². The van der Waals surface area contributed by atoms with Crippen molar-refractivity contribution >= 4 is 16.9 Å². The molecule has 130 valence electrons. The third kappa shape index (κ3) is 2.76. The van der Waals surface area contributed by atoms with Gasteiger partial charge in [-0.25, -0.2) is 14.4 Å². The fourth-order valence-electron chi connectivity index (χ4n) is 3.75. The van der Waals surface area contributed by atoms with Crippen LogP contribution in [0.2, 0.25) is 0 Å². The molecule has 0 atom stereocenters. The van der Waals surface area contributed by atoms with Crippen LogP contribution in [0.3, 0.4) is 0 Å². The van der Waals surface area contributed by atoms with Gasteiger partial charge in [0, 0.05) is 23.8 Å². The lowest BCUT2D eigenvalue weighted by Gasteiger charge is -2.27. The van der Waals surface area contributed by atoms with Gasteiger partial charge >= 0.3 is 0 Å². The average molecular weight is 339 g/mol. The molecule has 0 radical (unpaired) electrons. The number of hydrogen-bond acceptors (Lipinski definition) is 4. The normalized spacial score (nSPS) is 20.9. The third-order valence-electron chi connectivity index (χ3n) is 5.26. The molecule has 5 nitrogen and oxygen atoms in total. The maximum atomic E-state index is 14.1. The minimum Gasteiger partial charge on any atom is -0.383 e. The molecule has 25 heavy (non-hydrogen) atoms. The van der Waals surface area contributed by atoms with Gasteiger partial charge in [0.1, 0.15) is 23.6 Å². The smallest absolute Gasteiger partial charge is 0.146 e. The zero-order valence-electron chi connectivity index (χ0n) is 14.2. The van der Waals surface area contributed by atoms with Crippen LogP contribution in [-0.2, 0) is 0 Å². The van der Waals surface area contributed by atoms with Gasteiger partial charge in [-0.15, -0.1) is 0 Å². The number of halogens is 1. The van der Waals surface area contributed by atoms with Gasteiger partial charge in [0.15, 0.2) is 0 Å². The van der Waals surface area contributed by atoms with Crippen molar-refractivity contribution in [3.05, 3.63) is 42.1 Å². The van der Waals surface area contributed by atoms with E-state index in [-0.39, 0.29) is 11.9 Å². The van der Waals surface area contributed by atoms with Crippen molar-refractivity contribution in [3.8, 4) is 11.1 Å². The molecule has 1 aliphatic rings. The van der Waals surface area contributed by atoms with Crippen LogP contribution in [0.1, 0.15) is 37.3 Å². The van der Waals surface area contributed by atoms with Crippen LogP contribution in [0, 0.1) is 12.7 Å². The zero-order valence-corrected chi connectivity index (χ0v) is 14.2. The van der Waals surface area contributed by atoms with E-state index in [9.17, 15) is 4.39 Å². The molecule has 0 aliphatic heterocycles. The first-order valence-corrected chi connectivity index (χ1v) is 8.67. The Morgan fingerprint density at radius 3 is 2.64 bits per heavy atom. The predicted octanol–water partition coefficient (Wildman–Crippen LogP) is 3.57. The molecule has 4 N–H and O–H groups in total. The molecule has 2 aromatic heterocycles. The number of nitrogens with two attached hydrogens (primary N) is 2. The van der Waals surface area contributed by atoms with Gasteiger partial charge in [-0.1, -0.05) is 12.1 Å². The first-order valence-electron chi connectivity index (χ1n) is 8.67. The van der Waals surface area contributed by atoms with Gasteiger partial charge in [-0.2, -0.15) is 0 Å².